The van der Waals surface area contributed by atoms with Crippen molar-refractivity contribution in [1.82, 2.24) is 5.32 Å². The van der Waals surface area contributed by atoms with E-state index in [2.05, 4.69) is 15.6 Å². The maximum absolute atomic E-state index is 12.1. The number of unbranched alkanes of at least 4 members (excludes halogenated alkanes) is 1. The first kappa shape index (κ1) is 18.2. The Hall–Kier alpha value is -2.12. The van der Waals surface area contributed by atoms with E-state index in [4.69, 9.17) is 9.47 Å². The van der Waals surface area contributed by atoms with Gasteiger partial charge in [-0.25, -0.2) is 0 Å². The molecule has 0 spiro atoms. The van der Waals surface area contributed by atoms with Crippen molar-refractivity contribution in [2.45, 2.75) is 31.9 Å². The molecule has 0 unspecified atom stereocenters. The second-order valence-electron chi connectivity index (χ2n) is 5.41. The molecule has 0 fully saturated rings. The molecule has 1 heterocycles. The number of hydrogen-bond donors (Lipinski definition) is 2. The molecule has 0 aliphatic carbocycles. The van der Waals surface area contributed by atoms with E-state index in [1.165, 1.54) is 0 Å². The summed E-state index contributed by atoms with van der Waals surface area (Å²) in [4.78, 5) is 4.06. The fourth-order valence-electron chi connectivity index (χ4n) is 2.21. The van der Waals surface area contributed by atoms with Crippen molar-refractivity contribution >= 4 is 11.6 Å². The summed E-state index contributed by atoms with van der Waals surface area (Å²) in [5.41, 5.74) is 0.766. The summed E-state index contributed by atoms with van der Waals surface area (Å²) in [6.45, 7) is 1.64. The molecular weight excluding hydrogens is 323 g/mol. The number of ether oxygens (including phenoxy) is 2. The number of halogens is 3. The van der Waals surface area contributed by atoms with Crippen LogP contribution in [-0.2, 0) is 0 Å². The Morgan fingerprint density at radius 3 is 2.62 bits per heavy atom. The van der Waals surface area contributed by atoms with E-state index >= 15 is 0 Å². The number of alkyl halides is 3. The van der Waals surface area contributed by atoms with Gasteiger partial charge in [-0.2, -0.15) is 13.2 Å². The molecule has 1 aromatic carbocycles. The van der Waals surface area contributed by atoms with Gasteiger partial charge in [-0.3, -0.25) is 4.99 Å². The molecule has 0 atom stereocenters. The number of benzene rings is 1. The standard InChI is InChI=1S/C16H22F3N3O2/c1-20-15(21-8-3-2-7-16(17,18)19)22-12-5-6-13-14(11-12)24-10-4-9-23-13/h5-6,11H,2-4,7-10H2,1H3,(H2,20,21,22). The van der Waals surface area contributed by atoms with Crippen molar-refractivity contribution in [3.05, 3.63) is 18.2 Å². The lowest BCUT2D eigenvalue weighted by Gasteiger charge is -2.14. The van der Waals surface area contributed by atoms with Crippen LogP contribution in [0.3, 0.4) is 0 Å². The average molecular weight is 345 g/mol. The molecule has 0 saturated heterocycles. The Bertz CT molecular complexity index is 562. The Balaban J connectivity index is 1.81. The Morgan fingerprint density at radius 2 is 1.92 bits per heavy atom. The third-order valence-corrected chi connectivity index (χ3v) is 3.41. The molecule has 0 saturated carbocycles. The molecule has 2 N–H and O–H groups in total. The zero-order chi connectivity index (χ0) is 17.4. The van der Waals surface area contributed by atoms with Crippen molar-refractivity contribution in [2.75, 3.05) is 32.1 Å². The van der Waals surface area contributed by atoms with Gasteiger partial charge in [-0.15, -0.1) is 0 Å². The molecule has 134 valence electrons. The number of fused-ring (bicyclic) bond motifs is 1. The first-order valence-corrected chi connectivity index (χ1v) is 7.92. The number of rotatable bonds is 5. The normalized spacial score (nSPS) is 14.9. The maximum Gasteiger partial charge on any atom is 0.389 e. The van der Waals surface area contributed by atoms with Gasteiger partial charge >= 0.3 is 6.18 Å². The smallest absolute Gasteiger partial charge is 0.389 e. The fraction of sp³-hybridized carbons (Fsp3) is 0.562. The predicted octanol–water partition coefficient (Wildman–Crippen LogP) is 3.57. The van der Waals surface area contributed by atoms with Crippen LogP contribution in [0.1, 0.15) is 25.7 Å². The number of nitrogens with zero attached hydrogens (tertiary/aromatic N) is 1. The molecular formula is C16H22F3N3O2. The zero-order valence-corrected chi connectivity index (χ0v) is 13.6. The molecule has 1 aliphatic heterocycles. The lowest BCUT2D eigenvalue weighted by Crippen LogP contribution is -2.31. The topological polar surface area (TPSA) is 54.9 Å². The number of nitrogens with one attached hydrogen (secondary N) is 2. The third kappa shape index (κ3) is 6.17. The SMILES string of the molecule is CN=C(NCCCCC(F)(F)F)Nc1ccc2c(c1)OCCCO2. The Morgan fingerprint density at radius 1 is 1.17 bits per heavy atom. The fourth-order valence-corrected chi connectivity index (χ4v) is 2.21. The summed E-state index contributed by atoms with van der Waals surface area (Å²) in [6, 6.07) is 5.47. The number of hydrogen-bond acceptors (Lipinski definition) is 3. The van der Waals surface area contributed by atoms with Gasteiger partial charge in [0, 0.05) is 38.2 Å². The van der Waals surface area contributed by atoms with Gasteiger partial charge < -0.3 is 20.1 Å². The second-order valence-corrected chi connectivity index (χ2v) is 5.41. The van der Waals surface area contributed by atoms with Crippen LogP contribution in [0.4, 0.5) is 18.9 Å². The van der Waals surface area contributed by atoms with Gasteiger partial charge in [0.15, 0.2) is 17.5 Å². The number of anilines is 1. The van der Waals surface area contributed by atoms with Gasteiger partial charge in [-0.05, 0) is 25.0 Å². The first-order valence-electron chi connectivity index (χ1n) is 7.92. The van der Waals surface area contributed by atoms with Gasteiger partial charge in [0.1, 0.15) is 0 Å². The average Bonchev–Trinajstić information content (AvgIpc) is 2.77. The van der Waals surface area contributed by atoms with Crippen LogP contribution in [0.5, 0.6) is 11.5 Å². The lowest BCUT2D eigenvalue weighted by molar-refractivity contribution is -0.135. The molecule has 0 bridgehead atoms. The molecule has 5 nitrogen and oxygen atoms in total. The van der Waals surface area contributed by atoms with E-state index in [1.807, 2.05) is 18.2 Å². The van der Waals surface area contributed by atoms with E-state index in [0.29, 0.717) is 43.6 Å². The molecule has 0 radical (unpaired) electrons. The van der Waals surface area contributed by atoms with Crippen molar-refractivity contribution in [2.24, 2.45) is 4.99 Å². The highest BCUT2D eigenvalue weighted by Gasteiger charge is 2.25. The number of guanidine groups is 1. The summed E-state index contributed by atoms with van der Waals surface area (Å²) in [6.07, 6.45) is -3.51. The van der Waals surface area contributed by atoms with Crippen LogP contribution in [0.2, 0.25) is 0 Å². The summed E-state index contributed by atoms with van der Waals surface area (Å²) in [7, 11) is 1.61. The van der Waals surface area contributed by atoms with Crippen LogP contribution in [-0.4, -0.2) is 38.9 Å². The molecule has 24 heavy (non-hydrogen) atoms. The minimum atomic E-state index is -4.09. The molecule has 2 rings (SSSR count). The first-order chi connectivity index (χ1) is 11.5. The summed E-state index contributed by atoms with van der Waals surface area (Å²) >= 11 is 0. The molecule has 0 aromatic heterocycles. The summed E-state index contributed by atoms with van der Waals surface area (Å²) in [5.74, 6) is 1.86. The van der Waals surface area contributed by atoms with E-state index in [-0.39, 0.29) is 6.42 Å². The summed E-state index contributed by atoms with van der Waals surface area (Å²) in [5, 5.41) is 6.08. The van der Waals surface area contributed by atoms with Crippen LogP contribution in [0, 0.1) is 0 Å². The highest BCUT2D eigenvalue weighted by Crippen LogP contribution is 2.32. The predicted molar refractivity (Wildman–Crippen MR) is 86.9 cm³/mol. The number of aliphatic imine (C=N–C) groups is 1. The minimum Gasteiger partial charge on any atom is -0.490 e. The zero-order valence-electron chi connectivity index (χ0n) is 13.6. The van der Waals surface area contributed by atoms with Crippen LogP contribution >= 0.6 is 0 Å². The summed E-state index contributed by atoms with van der Waals surface area (Å²) < 4.78 is 47.4. The highest BCUT2D eigenvalue weighted by atomic mass is 19.4. The monoisotopic (exact) mass is 345 g/mol. The minimum absolute atomic E-state index is 0.0948. The van der Waals surface area contributed by atoms with E-state index in [1.54, 1.807) is 7.05 Å². The van der Waals surface area contributed by atoms with Crippen molar-refractivity contribution in [3.8, 4) is 11.5 Å². The Labute approximate surface area is 139 Å². The molecule has 1 aromatic rings. The van der Waals surface area contributed by atoms with Gasteiger partial charge in [-0.1, -0.05) is 0 Å². The molecule has 1 aliphatic rings. The Kier molecular flexibility index (Phi) is 6.57. The van der Waals surface area contributed by atoms with Gasteiger partial charge in [0.05, 0.1) is 13.2 Å². The lowest BCUT2D eigenvalue weighted by atomic mass is 10.2. The van der Waals surface area contributed by atoms with E-state index in [0.717, 1.165) is 12.1 Å². The largest absolute Gasteiger partial charge is 0.490 e. The highest BCUT2D eigenvalue weighted by molar-refractivity contribution is 5.93. The quantitative estimate of drug-likeness (QED) is 0.487. The van der Waals surface area contributed by atoms with Crippen LogP contribution in [0.15, 0.2) is 23.2 Å². The molecule has 8 heteroatoms. The third-order valence-electron chi connectivity index (χ3n) is 3.41. The molecule has 0 amide bonds. The van der Waals surface area contributed by atoms with Crippen molar-refractivity contribution < 1.29 is 22.6 Å². The second kappa shape index (κ2) is 8.65. The van der Waals surface area contributed by atoms with Crippen molar-refractivity contribution in [3.63, 3.8) is 0 Å². The van der Waals surface area contributed by atoms with Gasteiger partial charge in [0.25, 0.3) is 0 Å². The van der Waals surface area contributed by atoms with E-state index < -0.39 is 12.6 Å². The van der Waals surface area contributed by atoms with Gasteiger partial charge in [0.2, 0.25) is 0 Å². The van der Waals surface area contributed by atoms with Crippen molar-refractivity contribution in [1.29, 1.82) is 0 Å². The van der Waals surface area contributed by atoms with Crippen LogP contribution < -0.4 is 20.1 Å². The van der Waals surface area contributed by atoms with Crippen LogP contribution in [0.25, 0.3) is 0 Å². The maximum atomic E-state index is 12.1. The van der Waals surface area contributed by atoms with E-state index in [9.17, 15) is 13.2 Å².